The van der Waals surface area contributed by atoms with Crippen LogP contribution in [0.4, 0.5) is 10.1 Å². The van der Waals surface area contributed by atoms with E-state index in [2.05, 4.69) is 0 Å². The first-order valence-corrected chi connectivity index (χ1v) is 14.4. The zero-order chi connectivity index (χ0) is 29.8. The minimum Gasteiger partial charge on any atom is -0.477 e. The molecule has 216 valence electrons. The van der Waals surface area contributed by atoms with Gasteiger partial charge in [0.1, 0.15) is 11.4 Å². The Morgan fingerprint density at radius 1 is 0.907 bits per heavy atom. The van der Waals surface area contributed by atoms with Gasteiger partial charge in [-0.2, -0.15) is 0 Å². The Morgan fingerprint density at radius 3 is 2.33 bits per heavy atom. The van der Waals surface area contributed by atoms with Crippen LogP contribution in [0.5, 0.6) is 0 Å². The molecule has 3 heterocycles. The van der Waals surface area contributed by atoms with Crippen LogP contribution >= 0.6 is 0 Å². The highest BCUT2D eigenvalue weighted by Gasteiger charge is 2.29. The Kier molecular flexibility index (Phi) is 6.45. The summed E-state index contributed by atoms with van der Waals surface area (Å²) < 4.78 is 17.3. The predicted octanol–water partition coefficient (Wildman–Crippen LogP) is 5.66. The van der Waals surface area contributed by atoms with Crippen molar-refractivity contribution in [2.45, 2.75) is 25.8 Å². The third-order valence-corrected chi connectivity index (χ3v) is 8.47. The van der Waals surface area contributed by atoms with Crippen molar-refractivity contribution in [2.75, 3.05) is 31.1 Å². The van der Waals surface area contributed by atoms with E-state index >= 15 is 4.39 Å². The highest BCUT2D eigenvalue weighted by Crippen LogP contribution is 2.38. The number of aryl methyl sites for hydroxylation is 1. The summed E-state index contributed by atoms with van der Waals surface area (Å²) in [5.41, 5.74) is 3.95. The van der Waals surface area contributed by atoms with Crippen LogP contribution in [-0.4, -0.2) is 57.6 Å². The highest BCUT2D eigenvalue weighted by atomic mass is 19.1. The fourth-order valence-electron chi connectivity index (χ4n) is 5.95. The summed E-state index contributed by atoms with van der Waals surface area (Å²) in [5.74, 6) is -2.01. The van der Waals surface area contributed by atoms with E-state index in [1.54, 1.807) is 15.5 Å². The van der Waals surface area contributed by atoms with Crippen molar-refractivity contribution < 1.29 is 19.1 Å². The number of amides is 1. The standard InChI is InChI=1S/C34H29FN4O4/c1-20-6-8-21(9-7-20)29-17-24(23-4-2-3-5-28(23)36-29)33(41)38-14-12-37(13-15-38)31-18-30-25(16-27(31)35)32(40)26(34(42)43)19-39(30)22-10-11-22/h2-9,16-19,22H,10-15H2,1H3,(H,42,43). The van der Waals surface area contributed by atoms with Crippen LogP contribution < -0.4 is 10.3 Å². The fourth-order valence-corrected chi connectivity index (χ4v) is 5.95. The molecule has 1 saturated heterocycles. The number of piperazine rings is 1. The summed E-state index contributed by atoms with van der Waals surface area (Å²) in [4.78, 5) is 46.9. The molecule has 8 nitrogen and oxygen atoms in total. The molecule has 0 spiro atoms. The number of rotatable bonds is 5. The van der Waals surface area contributed by atoms with Crippen LogP contribution in [0.25, 0.3) is 33.1 Å². The van der Waals surface area contributed by atoms with E-state index in [4.69, 9.17) is 4.98 Å². The molecule has 1 saturated carbocycles. The Balaban J connectivity index is 1.18. The molecule has 7 rings (SSSR count). The van der Waals surface area contributed by atoms with Gasteiger partial charge >= 0.3 is 5.97 Å². The van der Waals surface area contributed by atoms with Gasteiger partial charge in [0.05, 0.1) is 28.0 Å². The van der Waals surface area contributed by atoms with Crippen molar-refractivity contribution in [1.29, 1.82) is 0 Å². The minimum absolute atomic E-state index is 0.0656. The van der Waals surface area contributed by atoms with Gasteiger partial charge in [0.15, 0.2) is 0 Å². The van der Waals surface area contributed by atoms with Crippen LogP contribution in [0.2, 0.25) is 0 Å². The number of para-hydroxylation sites is 1. The smallest absolute Gasteiger partial charge is 0.341 e. The van der Waals surface area contributed by atoms with E-state index in [-0.39, 0.29) is 22.9 Å². The first kappa shape index (κ1) is 26.8. The summed E-state index contributed by atoms with van der Waals surface area (Å²) in [7, 11) is 0. The first-order valence-electron chi connectivity index (χ1n) is 14.4. The fraction of sp³-hybridized carbons (Fsp3) is 0.235. The number of carbonyl (C=O) groups is 2. The molecule has 2 aromatic heterocycles. The van der Waals surface area contributed by atoms with E-state index < -0.39 is 17.2 Å². The SMILES string of the molecule is Cc1ccc(-c2cc(C(=O)N3CCN(c4cc5c(cc4F)c(=O)c(C(=O)O)cn5C4CC4)CC3)c3ccccc3n2)cc1. The summed E-state index contributed by atoms with van der Waals surface area (Å²) in [6.45, 7) is 3.61. The van der Waals surface area contributed by atoms with Gasteiger partial charge in [-0.1, -0.05) is 48.0 Å². The lowest BCUT2D eigenvalue weighted by Crippen LogP contribution is -2.49. The topological polar surface area (TPSA) is 95.7 Å². The van der Waals surface area contributed by atoms with Gasteiger partial charge in [-0.15, -0.1) is 0 Å². The molecule has 3 aromatic carbocycles. The van der Waals surface area contributed by atoms with Gasteiger partial charge in [0.2, 0.25) is 5.43 Å². The monoisotopic (exact) mass is 576 g/mol. The van der Waals surface area contributed by atoms with Gasteiger partial charge in [-0.25, -0.2) is 14.2 Å². The van der Waals surface area contributed by atoms with Crippen LogP contribution in [0.15, 0.2) is 77.7 Å². The van der Waals surface area contributed by atoms with Crippen molar-refractivity contribution in [3.8, 4) is 11.3 Å². The Labute approximate surface area is 246 Å². The van der Waals surface area contributed by atoms with E-state index in [0.29, 0.717) is 42.9 Å². The quantitative estimate of drug-likeness (QED) is 0.290. The lowest BCUT2D eigenvalue weighted by atomic mass is 10.0. The van der Waals surface area contributed by atoms with Crippen LogP contribution in [0.1, 0.15) is 45.2 Å². The summed E-state index contributed by atoms with van der Waals surface area (Å²) in [5, 5.41) is 10.4. The largest absolute Gasteiger partial charge is 0.477 e. The molecule has 2 aliphatic rings. The number of benzene rings is 3. The Bertz CT molecular complexity index is 1990. The zero-order valence-electron chi connectivity index (χ0n) is 23.6. The number of carboxylic acids is 1. The molecule has 1 N–H and O–H groups in total. The average Bonchev–Trinajstić information content (AvgIpc) is 3.86. The molecule has 1 aliphatic carbocycles. The van der Waals surface area contributed by atoms with Crippen LogP contribution in [-0.2, 0) is 0 Å². The van der Waals surface area contributed by atoms with Gasteiger partial charge in [0, 0.05) is 54.8 Å². The molecular formula is C34H29FN4O4. The summed E-state index contributed by atoms with van der Waals surface area (Å²) in [6, 6.07) is 20.4. The van der Waals surface area contributed by atoms with Crippen molar-refractivity contribution in [1.82, 2.24) is 14.5 Å². The summed E-state index contributed by atoms with van der Waals surface area (Å²) in [6.07, 6.45) is 3.13. The maximum Gasteiger partial charge on any atom is 0.341 e. The van der Waals surface area contributed by atoms with Gasteiger partial charge in [-0.3, -0.25) is 9.59 Å². The third-order valence-electron chi connectivity index (χ3n) is 8.47. The first-order chi connectivity index (χ1) is 20.8. The minimum atomic E-state index is -1.32. The third kappa shape index (κ3) is 4.80. The number of carboxylic acid groups (broad SMARTS) is 1. The molecule has 0 unspecified atom stereocenters. The number of nitrogens with zero attached hydrogens (tertiary/aromatic N) is 4. The van der Waals surface area contributed by atoms with E-state index in [1.807, 2.05) is 66.4 Å². The lowest BCUT2D eigenvalue weighted by molar-refractivity contribution is 0.0693. The number of hydrogen-bond donors (Lipinski definition) is 1. The number of pyridine rings is 2. The molecule has 0 atom stereocenters. The second-order valence-corrected chi connectivity index (χ2v) is 11.4. The molecule has 9 heteroatoms. The average molecular weight is 577 g/mol. The predicted molar refractivity (Wildman–Crippen MR) is 163 cm³/mol. The van der Waals surface area contributed by atoms with E-state index in [9.17, 15) is 19.5 Å². The molecule has 0 radical (unpaired) electrons. The molecule has 2 fully saturated rings. The normalized spacial score (nSPS) is 15.3. The maximum atomic E-state index is 15.5. The Hall–Kier alpha value is -5.05. The zero-order valence-corrected chi connectivity index (χ0v) is 23.6. The lowest BCUT2D eigenvalue weighted by Gasteiger charge is -2.36. The van der Waals surface area contributed by atoms with Gasteiger partial charge in [0.25, 0.3) is 5.91 Å². The molecule has 0 bridgehead atoms. The van der Waals surface area contributed by atoms with Gasteiger partial charge in [-0.05, 0) is 44.0 Å². The number of aromatic nitrogens is 2. The van der Waals surface area contributed by atoms with Crippen molar-refractivity contribution in [2.24, 2.45) is 0 Å². The number of carbonyl (C=O) groups excluding carboxylic acids is 1. The second-order valence-electron chi connectivity index (χ2n) is 11.4. The Morgan fingerprint density at radius 2 is 1.63 bits per heavy atom. The number of anilines is 1. The van der Waals surface area contributed by atoms with E-state index in [1.165, 1.54) is 6.20 Å². The summed E-state index contributed by atoms with van der Waals surface area (Å²) >= 11 is 0. The van der Waals surface area contributed by atoms with Crippen molar-refractivity contribution >= 4 is 39.4 Å². The molecule has 5 aromatic rings. The number of aromatic carboxylic acids is 1. The van der Waals surface area contributed by atoms with Crippen molar-refractivity contribution in [3.63, 3.8) is 0 Å². The van der Waals surface area contributed by atoms with Crippen LogP contribution in [0, 0.1) is 12.7 Å². The molecular weight excluding hydrogens is 547 g/mol. The molecule has 1 amide bonds. The highest BCUT2D eigenvalue weighted by molar-refractivity contribution is 6.07. The van der Waals surface area contributed by atoms with E-state index in [0.717, 1.165) is 46.6 Å². The number of fused-ring (bicyclic) bond motifs is 2. The maximum absolute atomic E-state index is 15.5. The van der Waals surface area contributed by atoms with Gasteiger partial charge < -0.3 is 19.5 Å². The van der Waals surface area contributed by atoms with Crippen molar-refractivity contribution in [3.05, 3.63) is 106 Å². The number of hydrogen-bond acceptors (Lipinski definition) is 5. The molecule has 1 aliphatic heterocycles. The van der Waals surface area contributed by atoms with Crippen LogP contribution in [0.3, 0.4) is 0 Å². The number of halogens is 1. The second kappa shape index (κ2) is 10.3. The molecule has 43 heavy (non-hydrogen) atoms.